The maximum absolute atomic E-state index is 11.2. The van der Waals surface area contributed by atoms with Crippen molar-refractivity contribution in [1.29, 1.82) is 0 Å². The summed E-state index contributed by atoms with van der Waals surface area (Å²) in [6.45, 7) is -0.130. The summed E-state index contributed by atoms with van der Waals surface area (Å²) in [5, 5.41) is 22.2. The SMILES string of the molecule is O=C(O)c1nn(-c2ccc3nccnc3c2)cc1CCO. The molecule has 3 rings (SSSR count). The third-order valence-corrected chi connectivity index (χ3v) is 3.09. The zero-order valence-electron chi connectivity index (χ0n) is 11.0. The Kier molecular flexibility index (Phi) is 3.33. The van der Waals surface area contributed by atoms with Crippen LogP contribution < -0.4 is 0 Å². The Morgan fingerprint density at radius 3 is 2.67 bits per heavy atom. The van der Waals surface area contributed by atoms with E-state index >= 15 is 0 Å². The van der Waals surface area contributed by atoms with E-state index in [0.717, 1.165) is 5.52 Å². The number of aliphatic hydroxyl groups is 1. The number of carboxylic acid groups (broad SMARTS) is 1. The molecule has 3 aromatic rings. The lowest BCUT2D eigenvalue weighted by atomic mass is 10.2. The topological polar surface area (TPSA) is 101 Å². The summed E-state index contributed by atoms with van der Waals surface area (Å²) in [5.41, 5.74) is 2.58. The molecule has 0 fully saturated rings. The first-order valence-corrected chi connectivity index (χ1v) is 6.33. The van der Waals surface area contributed by atoms with Crippen molar-refractivity contribution in [2.45, 2.75) is 6.42 Å². The monoisotopic (exact) mass is 284 g/mol. The van der Waals surface area contributed by atoms with E-state index in [1.807, 2.05) is 0 Å². The fourth-order valence-corrected chi connectivity index (χ4v) is 2.12. The Morgan fingerprint density at radius 2 is 1.95 bits per heavy atom. The maximum atomic E-state index is 11.2. The molecular formula is C14H12N4O3. The molecule has 0 aliphatic heterocycles. The van der Waals surface area contributed by atoms with E-state index in [-0.39, 0.29) is 18.7 Å². The average Bonchev–Trinajstić information content (AvgIpc) is 2.91. The number of benzene rings is 1. The highest BCUT2D eigenvalue weighted by molar-refractivity contribution is 5.87. The van der Waals surface area contributed by atoms with Crippen molar-refractivity contribution < 1.29 is 15.0 Å². The molecule has 2 aromatic heterocycles. The van der Waals surface area contributed by atoms with Gasteiger partial charge in [0.25, 0.3) is 0 Å². The summed E-state index contributed by atoms with van der Waals surface area (Å²) >= 11 is 0. The normalized spacial score (nSPS) is 10.9. The molecule has 0 bridgehead atoms. The fourth-order valence-electron chi connectivity index (χ4n) is 2.12. The van der Waals surface area contributed by atoms with Crippen LogP contribution in [0.25, 0.3) is 16.7 Å². The fraction of sp³-hybridized carbons (Fsp3) is 0.143. The molecule has 1 aromatic carbocycles. The van der Waals surface area contributed by atoms with Crippen LogP contribution in [0.15, 0.2) is 36.8 Å². The lowest BCUT2D eigenvalue weighted by molar-refractivity contribution is 0.0688. The second-order valence-corrected chi connectivity index (χ2v) is 4.46. The van der Waals surface area contributed by atoms with E-state index in [1.165, 1.54) is 4.68 Å². The average molecular weight is 284 g/mol. The number of hydrogen-bond donors (Lipinski definition) is 2. The van der Waals surface area contributed by atoms with Crippen LogP contribution in [0.4, 0.5) is 0 Å². The van der Waals surface area contributed by atoms with Gasteiger partial charge in [-0.15, -0.1) is 0 Å². The van der Waals surface area contributed by atoms with Gasteiger partial charge in [0.1, 0.15) is 0 Å². The van der Waals surface area contributed by atoms with Crippen molar-refractivity contribution in [1.82, 2.24) is 19.7 Å². The molecule has 0 atom stereocenters. The van der Waals surface area contributed by atoms with Crippen molar-refractivity contribution >= 4 is 17.0 Å². The number of aromatic carboxylic acids is 1. The van der Waals surface area contributed by atoms with E-state index in [4.69, 9.17) is 10.2 Å². The van der Waals surface area contributed by atoms with Gasteiger partial charge in [-0.3, -0.25) is 9.97 Å². The first kappa shape index (κ1) is 13.2. The molecule has 2 N–H and O–H groups in total. The summed E-state index contributed by atoms with van der Waals surface area (Å²) in [5.74, 6) is -1.11. The second-order valence-electron chi connectivity index (χ2n) is 4.46. The van der Waals surface area contributed by atoms with Crippen molar-refractivity contribution in [3.05, 3.63) is 48.0 Å². The smallest absolute Gasteiger partial charge is 0.356 e. The molecular weight excluding hydrogens is 272 g/mol. The molecule has 0 saturated carbocycles. The van der Waals surface area contributed by atoms with E-state index < -0.39 is 5.97 Å². The van der Waals surface area contributed by atoms with Crippen LogP contribution in [0.3, 0.4) is 0 Å². The minimum absolute atomic E-state index is 0.0525. The predicted molar refractivity (Wildman–Crippen MR) is 74.4 cm³/mol. The molecule has 0 amide bonds. The van der Waals surface area contributed by atoms with Crippen LogP contribution in [0.5, 0.6) is 0 Å². The summed E-state index contributed by atoms with van der Waals surface area (Å²) in [6, 6.07) is 5.37. The molecule has 0 radical (unpaired) electrons. The molecule has 0 aliphatic rings. The molecule has 106 valence electrons. The van der Waals surface area contributed by atoms with E-state index in [1.54, 1.807) is 36.8 Å². The van der Waals surface area contributed by atoms with Crippen LogP contribution in [-0.2, 0) is 6.42 Å². The zero-order chi connectivity index (χ0) is 14.8. The summed E-state index contributed by atoms with van der Waals surface area (Å²) < 4.78 is 1.47. The number of aromatic nitrogens is 4. The van der Waals surface area contributed by atoms with Crippen LogP contribution >= 0.6 is 0 Å². The van der Waals surface area contributed by atoms with Gasteiger partial charge in [0.15, 0.2) is 5.69 Å². The van der Waals surface area contributed by atoms with Crippen LogP contribution in [0.2, 0.25) is 0 Å². The Bertz CT molecular complexity index is 813. The lowest BCUT2D eigenvalue weighted by Gasteiger charge is -2.02. The standard InChI is InChI=1S/C14H12N4O3/c19-6-3-9-8-18(17-13(9)14(20)21)10-1-2-11-12(7-10)16-5-4-15-11/h1-2,4-5,7-8,19H,3,6H2,(H,20,21). The number of hydrogen-bond acceptors (Lipinski definition) is 5. The van der Waals surface area contributed by atoms with Gasteiger partial charge in [-0.1, -0.05) is 0 Å². The summed E-state index contributed by atoms with van der Waals surface area (Å²) in [6.07, 6.45) is 5.05. The van der Waals surface area contributed by atoms with Gasteiger partial charge < -0.3 is 10.2 Å². The van der Waals surface area contributed by atoms with Gasteiger partial charge in [0, 0.05) is 30.8 Å². The van der Waals surface area contributed by atoms with Gasteiger partial charge in [-0.05, 0) is 24.6 Å². The van der Waals surface area contributed by atoms with Crippen molar-refractivity contribution in [3.63, 3.8) is 0 Å². The molecule has 0 saturated heterocycles. The highest BCUT2D eigenvalue weighted by atomic mass is 16.4. The Balaban J connectivity index is 2.09. The Hall–Kier alpha value is -2.80. The molecule has 0 spiro atoms. The third kappa shape index (κ3) is 2.46. The number of rotatable bonds is 4. The first-order chi connectivity index (χ1) is 10.2. The largest absolute Gasteiger partial charge is 0.476 e. The zero-order valence-corrected chi connectivity index (χ0v) is 11.0. The Morgan fingerprint density at radius 1 is 1.19 bits per heavy atom. The third-order valence-electron chi connectivity index (χ3n) is 3.09. The van der Waals surface area contributed by atoms with Gasteiger partial charge in [-0.25, -0.2) is 9.48 Å². The minimum atomic E-state index is -1.11. The molecule has 0 unspecified atom stereocenters. The van der Waals surface area contributed by atoms with Gasteiger partial charge in [0.2, 0.25) is 0 Å². The molecule has 21 heavy (non-hydrogen) atoms. The van der Waals surface area contributed by atoms with Crippen LogP contribution in [-0.4, -0.2) is 42.5 Å². The number of fused-ring (bicyclic) bond motifs is 1. The quantitative estimate of drug-likeness (QED) is 0.742. The molecule has 7 nitrogen and oxygen atoms in total. The van der Waals surface area contributed by atoms with Crippen LogP contribution in [0.1, 0.15) is 16.1 Å². The summed E-state index contributed by atoms with van der Waals surface area (Å²) in [4.78, 5) is 19.6. The van der Waals surface area contributed by atoms with E-state index in [9.17, 15) is 4.79 Å². The van der Waals surface area contributed by atoms with Crippen molar-refractivity contribution in [2.24, 2.45) is 0 Å². The van der Waals surface area contributed by atoms with Crippen LogP contribution in [0, 0.1) is 0 Å². The van der Waals surface area contributed by atoms with Gasteiger partial charge >= 0.3 is 5.97 Å². The number of aliphatic hydroxyl groups excluding tert-OH is 1. The van der Waals surface area contributed by atoms with Gasteiger partial charge in [-0.2, -0.15) is 5.10 Å². The van der Waals surface area contributed by atoms with Crippen molar-refractivity contribution in [2.75, 3.05) is 6.61 Å². The minimum Gasteiger partial charge on any atom is -0.476 e. The number of carbonyl (C=O) groups is 1. The number of carboxylic acids is 1. The van der Waals surface area contributed by atoms with E-state index in [0.29, 0.717) is 16.8 Å². The van der Waals surface area contributed by atoms with Crippen molar-refractivity contribution in [3.8, 4) is 5.69 Å². The molecule has 2 heterocycles. The first-order valence-electron chi connectivity index (χ1n) is 6.33. The van der Waals surface area contributed by atoms with Gasteiger partial charge in [0.05, 0.1) is 16.7 Å². The molecule has 0 aliphatic carbocycles. The lowest BCUT2D eigenvalue weighted by Crippen LogP contribution is -2.03. The summed E-state index contributed by atoms with van der Waals surface area (Å²) in [7, 11) is 0. The highest BCUT2D eigenvalue weighted by Gasteiger charge is 2.16. The second kappa shape index (κ2) is 5.29. The predicted octanol–water partition coefficient (Wildman–Crippen LogP) is 1.05. The molecule has 7 heteroatoms. The number of nitrogens with zero attached hydrogens (tertiary/aromatic N) is 4. The maximum Gasteiger partial charge on any atom is 0.356 e. The highest BCUT2D eigenvalue weighted by Crippen LogP contribution is 2.17. The Labute approximate surface area is 119 Å². The van der Waals surface area contributed by atoms with E-state index in [2.05, 4.69) is 15.1 Å².